The zero-order valence-electron chi connectivity index (χ0n) is 7.78. The Morgan fingerprint density at radius 2 is 2.43 bits per heavy atom. The highest BCUT2D eigenvalue weighted by molar-refractivity contribution is 9.09. The number of hydrogen-bond acceptors (Lipinski definition) is 3. The molecule has 2 rings (SSSR count). The number of halogens is 1. The monoisotopic (exact) mass is 254 g/mol. The van der Waals surface area contributed by atoms with Gasteiger partial charge < -0.3 is 0 Å². The van der Waals surface area contributed by atoms with Gasteiger partial charge in [-0.3, -0.25) is 4.68 Å². The highest BCUT2D eigenvalue weighted by Gasteiger charge is 2.36. The summed E-state index contributed by atoms with van der Waals surface area (Å²) in [6.07, 6.45) is 5.41. The summed E-state index contributed by atoms with van der Waals surface area (Å²) < 4.78 is 1.78. The SMILES string of the molecule is N#Cc1ncn(CC2(CBr)CCC2)n1. The summed E-state index contributed by atoms with van der Waals surface area (Å²) in [6, 6.07) is 1.93. The van der Waals surface area contributed by atoms with Crippen molar-refractivity contribution in [2.75, 3.05) is 5.33 Å². The smallest absolute Gasteiger partial charge is 0.251 e. The second kappa shape index (κ2) is 3.70. The molecular formula is C9H11BrN4. The van der Waals surface area contributed by atoms with Crippen LogP contribution in [0.2, 0.25) is 0 Å². The molecule has 1 aromatic rings. The Morgan fingerprint density at radius 1 is 1.64 bits per heavy atom. The molecule has 0 amide bonds. The molecule has 0 aliphatic heterocycles. The van der Waals surface area contributed by atoms with Gasteiger partial charge in [0.1, 0.15) is 12.4 Å². The molecule has 1 fully saturated rings. The molecule has 0 unspecified atom stereocenters. The maximum Gasteiger partial charge on any atom is 0.252 e. The van der Waals surface area contributed by atoms with Crippen LogP contribution in [0.4, 0.5) is 0 Å². The molecule has 1 heterocycles. The van der Waals surface area contributed by atoms with Crippen molar-refractivity contribution in [2.45, 2.75) is 25.8 Å². The lowest BCUT2D eigenvalue weighted by molar-refractivity contribution is 0.134. The minimum atomic E-state index is 0.258. The van der Waals surface area contributed by atoms with Gasteiger partial charge in [-0.25, -0.2) is 4.98 Å². The van der Waals surface area contributed by atoms with E-state index in [1.807, 2.05) is 6.07 Å². The van der Waals surface area contributed by atoms with Gasteiger partial charge in [0.25, 0.3) is 5.82 Å². The summed E-state index contributed by atoms with van der Waals surface area (Å²) in [5.74, 6) is 0.258. The van der Waals surface area contributed by atoms with Crippen LogP contribution in [-0.4, -0.2) is 20.1 Å². The number of rotatable bonds is 3. The lowest BCUT2D eigenvalue weighted by atomic mass is 9.70. The van der Waals surface area contributed by atoms with Crippen molar-refractivity contribution in [3.8, 4) is 6.07 Å². The van der Waals surface area contributed by atoms with Crippen LogP contribution in [0.25, 0.3) is 0 Å². The Labute approximate surface area is 91.1 Å². The van der Waals surface area contributed by atoms with E-state index in [0.717, 1.165) is 11.9 Å². The summed E-state index contributed by atoms with van der Waals surface area (Å²) >= 11 is 3.54. The van der Waals surface area contributed by atoms with E-state index in [9.17, 15) is 0 Å². The zero-order chi connectivity index (χ0) is 10.0. The van der Waals surface area contributed by atoms with Crippen LogP contribution in [0, 0.1) is 16.7 Å². The highest BCUT2D eigenvalue weighted by Crippen LogP contribution is 2.43. The topological polar surface area (TPSA) is 54.5 Å². The molecule has 0 atom stereocenters. The fourth-order valence-corrected chi connectivity index (χ4v) is 2.51. The Hall–Kier alpha value is -0.890. The van der Waals surface area contributed by atoms with Gasteiger partial charge in [0.2, 0.25) is 0 Å². The molecule has 74 valence electrons. The first-order chi connectivity index (χ1) is 6.78. The van der Waals surface area contributed by atoms with Crippen molar-refractivity contribution in [3.63, 3.8) is 0 Å². The van der Waals surface area contributed by atoms with E-state index in [2.05, 4.69) is 26.0 Å². The average molecular weight is 255 g/mol. The van der Waals surface area contributed by atoms with Gasteiger partial charge in [-0.1, -0.05) is 22.4 Å². The highest BCUT2D eigenvalue weighted by atomic mass is 79.9. The molecule has 5 heteroatoms. The average Bonchev–Trinajstić information content (AvgIpc) is 2.59. The Morgan fingerprint density at radius 3 is 2.86 bits per heavy atom. The molecule has 1 aromatic heterocycles. The largest absolute Gasteiger partial charge is 0.252 e. The van der Waals surface area contributed by atoms with Crippen LogP contribution < -0.4 is 0 Å². The van der Waals surface area contributed by atoms with Crippen molar-refractivity contribution >= 4 is 15.9 Å². The van der Waals surface area contributed by atoms with Gasteiger partial charge in [0.15, 0.2) is 0 Å². The quantitative estimate of drug-likeness (QED) is 0.772. The van der Waals surface area contributed by atoms with Gasteiger partial charge >= 0.3 is 0 Å². The van der Waals surface area contributed by atoms with E-state index < -0.39 is 0 Å². The molecule has 0 aromatic carbocycles. The van der Waals surface area contributed by atoms with Crippen molar-refractivity contribution in [1.82, 2.24) is 14.8 Å². The standard InChI is InChI=1S/C9H11BrN4/c10-5-9(2-1-3-9)6-14-7-12-8(4-11)13-14/h7H,1-3,5-6H2. The minimum Gasteiger partial charge on any atom is -0.251 e. The van der Waals surface area contributed by atoms with E-state index in [4.69, 9.17) is 5.26 Å². The summed E-state index contributed by atoms with van der Waals surface area (Å²) in [5, 5.41) is 13.6. The Bertz CT molecular complexity index is 356. The molecule has 1 saturated carbocycles. The molecular weight excluding hydrogens is 244 g/mol. The van der Waals surface area contributed by atoms with Crippen LogP contribution >= 0.6 is 15.9 Å². The fourth-order valence-electron chi connectivity index (χ4n) is 1.78. The maximum absolute atomic E-state index is 8.58. The number of hydrogen-bond donors (Lipinski definition) is 0. The lowest BCUT2D eigenvalue weighted by Gasteiger charge is -2.40. The van der Waals surface area contributed by atoms with E-state index >= 15 is 0 Å². The number of alkyl halides is 1. The van der Waals surface area contributed by atoms with Gasteiger partial charge in [-0.05, 0) is 18.3 Å². The Kier molecular flexibility index (Phi) is 2.55. The number of nitrogens with zero attached hydrogens (tertiary/aromatic N) is 4. The van der Waals surface area contributed by atoms with Crippen molar-refractivity contribution in [3.05, 3.63) is 12.2 Å². The van der Waals surface area contributed by atoms with Gasteiger partial charge in [-0.15, -0.1) is 5.10 Å². The zero-order valence-corrected chi connectivity index (χ0v) is 9.37. The fraction of sp³-hybridized carbons (Fsp3) is 0.667. The predicted molar refractivity (Wildman–Crippen MR) is 54.8 cm³/mol. The maximum atomic E-state index is 8.58. The third-order valence-electron chi connectivity index (χ3n) is 2.83. The first-order valence-electron chi connectivity index (χ1n) is 4.63. The first-order valence-corrected chi connectivity index (χ1v) is 5.76. The van der Waals surface area contributed by atoms with Gasteiger partial charge in [0, 0.05) is 11.9 Å². The minimum absolute atomic E-state index is 0.258. The summed E-state index contributed by atoms with van der Waals surface area (Å²) in [7, 11) is 0. The molecule has 4 nitrogen and oxygen atoms in total. The van der Waals surface area contributed by atoms with E-state index in [1.165, 1.54) is 19.3 Å². The van der Waals surface area contributed by atoms with Gasteiger partial charge in [-0.2, -0.15) is 5.26 Å². The molecule has 0 saturated heterocycles. The molecule has 0 spiro atoms. The van der Waals surface area contributed by atoms with Crippen LogP contribution in [-0.2, 0) is 6.54 Å². The second-order valence-corrected chi connectivity index (χ2v) is 4.43. The third kappa shape index (κ3) is 1.67. The molecule has 14 heavy (non-hydrogen) atoms. The van der Waals surface area contributed by atoms with Crippen LogP contribution in [0.5, 0.6) is 0 Å². The number of aromatic nitrogens is 3. The molecule has 0 N–H and O–H groups in total. The van der Waals surface area contributed by atoms with Crippen molar-refractivity contribution in [1.29, 1.82) is 5.26 Å². The van der Waals surface area contributed by atoms with Crippen LogP contribution in [0.3, 0.4) is 0 Å². The molecule has 1 aliphatic carbocycles. The van der Waals surface area contributed by atoms with Gasteiger partial charge in [0.05, 0.1) is 0 Å². The normalized spacial score (nSPS) is 18.6. The van der Waals surface area contributed by atoms with E-state index in [-0.39, 0.29) is 5.82 Å². The molecule has 0 bridgehead atoms. The predicted octanol–water partition coefficient (Wildman–Crippen LogP) is 1.71. The molecule has 0 radical (unpaired) electrons. The second-order valence-electron chi connectivity index (χ2n) is 3.86. The lowest BCUT2D eigenvalue weighted by Crippen LogP contribution is -2.35. The third-order valence-corrected chi connectivity index (χ3v) is 4.02. The number of nitriles is 1. The summed E-state index contributed by atoms with van der Waals surface area (Å²) in [6.45, 7) is 0.868. The Balaban J connectivity index is 2.06. The molecule has 1 aliphatic rings. The van der Waals surface area contributed by atoms with Crippen molar-refractivity contribution < 1.29 is 0 Å². The van der Waals surface area contributed by atoms with E-state index in [1.54, 1.807) is 11.0 Å². The van der Waals surface area contributed by atoms with Crippen molar-refractivity contribution in [2.24, 2.45) is 5.41 Å². The van der Waals surface area contributed by atoms with Crippen LogP contribution in [0.1, 0.15) is 25.1 Å². The summed E-state index contributed by atoms with van der Waals surface area (Å²) in [5.41, 5.74) is 0.348. The summed E-state index contributed by atoms with van der Waals surface area (Å²) in [4.78, 5) is 3.89. The first kappa shape index (κ1) is 9.66. The van der Waals surface area contributed by atoms with E-state index in [0.29, 0.717) is 5.41 Å². The van der Waals surface area contributed by atoms with Crippen LogP contribution in [0.15, 0.2) is 6.33 Å².